The van der Waals surface area contributed by atoms with Crippen LogP contribution in [-0.4, -0.2) is 29.7 Å². The van der Waals surface area contributed by atoms with E-state index in [9.17, 15) is 27.6 Å². The third-order valence-electron chi connectivity index (χ3n) is 3.88. The summed E-state index contributed by atoms with van der Waals surface area (Å²) < 4.78 is 49.7. The number of halogens is 3. The lowest BCUT2D eigenvalue weighted by molar-refractivity contribution is -0.138. The number of hydrogen-bond donors (Lipinski definition) is 2. The molecule has 3 amide bonds. The summed E-state index contributed by atoms with van der Waals surface area (Å²) in [7, 11) is 0. The SMILES string of the molecule is O=C(Cn1cc(C(F)(F)F)ccc1=O)NC(=O)Nc1ccc2c(c1)OCCCO2. The number of fused-ring (bicyclic) bond motifs is 1. The smallest absolute Gasteiger partial charge is 0.417 e. The molecule has 1 aromatic heterocycles. The summed E-state index contributed by atoms with van der Waals surface area (Å²) >= 11 is 0. The number of carbonyl (C=O) groups is 2. The fourth-order valence-electron chi connectivity index (χ4n) is 2.55. The Morgan fingerprint density at radius 2 is 1.79 bits per heavy atom. The van der Waals surface area contributed by atoms with Crippen LogP contribution in [0.15, 0.2) is 41.3 Å². The molecule has 0 spiro atoms. The number of pyridine rings is 1. The van der Waals surface area contributed by atoms with Crippen LogP contribution in [0.1, 0.15) is 12.0 Å². The average Bonchev–Trinajstić information content (AvgIpc) is 2.87. The monoisotopic (exact) mass is 411 g/mol. The maximum atomic E-state index is 12.7. The lowest BCUT2D eigenvalue weighted by atomic mass is 10.2. The Morgan fingerprint density at radius 3 is 2.52 bits per heavy atom. The quantitative estimate of drug-likeness (QED) is 0.808. The van der Waals surface area contributed by atoms with Gasteiger partial charge in [-0.2, -0.15) is 13.2 Å². The molecule has 2 heterocycles. The Bertz CT molecular complexity index is 987. The van der Waals surface area contributed by atoms with E-state index in [1.165, 1.54) is 12.1 Å². The van der Waals surface area contributed by atoms with E-state index in [1.54, 1.807) is 6.07 Å². The highest BCUT2D eigenvalue weighted by Gasteiger charge is 2.31. The van der Waals surface area contributed by atoms with E-state index >= 15 is 0 Å². The highest BCUT2D eigenvalue weighted by atomic mass is 19.4. The van der Waals surface area contributed by atoms with Crippen LogP contribution in [0, 0.1) is 0 Å². The number of benzene rings is 1. The van der Waals surface area contributed by atoms with Gasteiger partial charge in [-0.1, -0.05) is 0 Å². The van der Waals surface area contributed by atoms with Crippen LogP contribution in [0.5, 0.6) is 11.5 Å². The van der Waals surface area contributed by atoms with Crippen LogP contribution in [0.3, 0.4) is 0 Å². The molecule has 0 fully saturated rings. The van der Waals surface area contributed by atoms with Gasteiger partial charge in [0.05, 0.1) is 18.8 Å². The molecule has 0 atom stereocenters. The van der Waals surface area contributed by atoms with E-state index in [4.69, 9.17) is 9.47 Å². The first-order valence-corrected chi connectivity index (χ1v) is 8.50. The molecule has 2 aromatic rings. The summed E-state index contributed by atoms with van der Waals surface area (Å²) in [4.78, 5) is 35.6. The van der Waals surface area contributed by atoms with E-state index < -0.39 is 35.8 Å². The summed E-state index contributed by atoms with van der Waals surface area (Å²) in [6.45, 7) is 0.202. The highest BCUT2D eigenvalue weighted by molar-refractivity contribution is 6.01. The van der Waals surface area contributed by atoms with E-state index in [0.717, 1.165) is 0 Å². The van der Waals surface area contributed by atoms with Crippen molar-refractivity contribution in [1.29, 1.82) is 0 Å². The summed E-state index contributed by atoms with van der Waals surface area (Å²) in [5.74, 6) is -0.00568. The van der Waals surface area contributed by atoms with Crippen molar-refractivity contribution in [3.63, 3.8) is 0 Å². The second-order valence-electron chi connectivity index (χ2n) is 6.10. The van der Waals surface area contributed by atoms with Crippen molar-refractivity contribution >= 4 is 17.6 Å². The largest absolute Gasteiger partial charge is 0.490 e. The van der Waals surface area contributed by atoms with Crippen LogP contribution < -0.4 is 25.7 Å². The molecule has 0 saturated carbocycles. The Kier molecular flexibility index (Phi) is 5.76. The number of nitrogens with one attached hydrogen (secondary N) is 2. The van der Waals surface area contributed by atoms with E-state index in [2.05, 4.69) is 5.32 Å². The Balaban J connectivity index is 1.62. The van der Waals surface area contributed by atoms with Gasteiger partial charge in [-0.25, -0.2) is 4.79 Å². The predicted octanol–water partition coefficient (Wildman–Crippen LogP) is 2.38. The van der Waals surface area contributed by atoms with Crippen molar-refractivity contribution in [2.24, 2.45) is 0 Å². The van der Waals surface area contributed by atoms with Gasteiger partial charge in [0.15, 0.2) is 11.5 Å². The molecule has 1 aliphatic heterocycles. The van der Waals surface area contributed by atoms with Crippen molar-refractivity contribution in [3.05, 3.63) is 52.4 Å². The Hall–Kier alpha value is -3.50. The molecule has 154 valence electrons. The van der Waals surface area contributed by atoms with Gasteiger partial charge in [-0.15, -0.1) is 0 Å². The van der Waals surface area contributed by atoms with Crippen LogP contribution in [0.4, 0.5) is 23.7 Å². The molecule has 1 aromatic carbocycles. The standard InChI is InChI=1S/C18H16F3N3O5/c19-18(20,21)11-2-5-16(26)24(9-11)10-15(25)23-17(27)22-12-3-4-13-14(8-12)29-7-1-6-28-13/h2-5,8-9H,1,6-7,10H2,(H2,22,23,25,27). The predicted molar refractivity (Wildman–Crippen MR) is 94.9 cm³/mol. The molecule has 0 aliphatic carbocycles. The highest BCUT2D eigenvalue weighted by Crippen LogP contribution is 2.32. The number of rotatable bonds is 3. The fraction of sp³-hybridized carbons (Fsp3) is 0.278. The maximum Gasteiger partial charge on any atom is 0.417 e. The molecule has 0 saturated heterocycles. The number of hydrogen-bond acceptors (Lipinski definition) is 5. The third kappa shape index (κ3) is 5.27. The number of carbonyl (C=O) groups excluding carboxylic acids is 2. The van der Waals surface area contributed by atoms with Crippen molar-refractivity contribution in [3.8, 4) is 11.5 Å². The van der Waals surface area contributed by atoms with E-state index in [1.807, 2.05) is 5.32 Å². The maximum absolute atomic E-state index is 12.7. The first-order chi connectivity index (χ1) is 13.7. The first kappa shape index (κ1) is 20.2. The summed E-state index contributed by atoms with van der Waals surface area (Å²) in [5.41, 5.74) is -1.58. The van der Waals surface area contributed by atoms with Gasteiger partial charge in [-0.05, 0) is 18.2 Å². The lowest BCUT2D eigenvalue weighted by Crippen LogP contribution is -2.38. The summed E-state index contributed by atoms with van der Waals surface area (Å²) in [6.07, 6.45) is -3.44. The number of imide groups is 1. The first-order valence-electron chi connectivity index (χ1n) is 8.50. The minimum Gasteiger partial charge on any atom is -0.490 e. The molecule has 1 aliphatic rings. The van der Waals surface area contributed by atoms with E-state index in [-0.39, 0.29) is 0 Å². The van der Waals surface area contributed by atoms with Crippen LogP contribution in [0.25, 0.3) is 0 Å². The molecule has 11 heteroatoms. The average molecular weight is 411 g/mol. The minimum absolute atomic E-state index is 0.316. The molecule has 29 heavy (non-hydrogen) atoms. The number of nitrogens with zero attached hydrogens (tertiary/aromatic N) is 1. The Morgan fingerprint density at radius 1 is 1.07 bits per heavy atom. The van der Waals surface area contributed by atoms with Crippen molar-refractivity contribution in [2.75, 3.05) is 18.5 Å². The number of aromatic nitrogens is 1. The van der Waals surface area contributed by atoms with Crippen molar-refractivity contribution in [1.82, 2.24) is 9.88 Å². The zero-order valence-electron chi connectivity index (χ0n) is 14.9. The second kappa shape index (κ2) is 8.25. The number of alkyl halides is 3. The molecular formula is C18H16F3N3O5. The molecule has 0 bridgehead atoms. The molecule has 0 unspecified atom stereocenters. The summed E-state index contributed by atoms with van der Waals surface area (Å²) in [5, 5.41) is 4.36. The van der Waals surface area contributed by atoms with Gasteiger partial charge >= 0.3 is 12.2 Å². The number of ether oxygens (including phenoxy) is 2. The van der Waals surface area contributed by atoms with Crippen molar-refractivity contribution in [2.45, 2.75) is 19.1 Å². The zero-order chi connectivity index (χ0) is 21.0. The van der Waals surface area contributed by atoms with Crippen LogP contribution >= 0.6 is 0 Å². The van der Waals surface area contributed by atoms with Crippen LogP contribution in [-0.2, 0) is 17.5 Å². The number of amides is 3. The van der Waals surface area contributed by atoms with Gasteiger partial charge in [0, 0.05) is 30.4 Å². The minimum atomic E-state index is -4.67. The molecular weight excluding hydrogens is 395 g/mol. The Labute approximate surface area is 162 Å². The zero-order valence-corrected chi connectivity index (χ0v) is 14.9. The molecule has 8 nitrogen and oxygen atoms in total. The summed E-state index contributed by atoms with van der Waals surface area (Å²) in [6, 6.07) is 5.06. The van der Waals surface area contributed by atoms with Gasteiger partial charge in [0.2, 0.25) is 5.91 Å². The number of anilines is 1. The number of urea groups is 1. The fourth-order valence-corrected chi connectivity index (χ4v) is 2.55. The van der Waals surface area contributed by atoms with Gasteiger partial charge in [-0.3, -0.25) is 14.9 Å². The van der Waals surface area contributed by atoms with Crippen molar-refractivity contribution < 1.29 is 32.2 Å². The lowest BCUT2D eigenvalue weighted by Gasteiger charge is -2.12. The molecule has 2 N–H and O–H groups in total. The molecule has 3 rings (SSSR count). The van der Waals surface area contributed by atoms with Gasteiger partial charge in [0.25, 0.3) is 5.56 Å². The second-order valence-corrected chi connectivity index (χ2v) is 6.10. The van der Waals surface area contributed by atoms with Gasteiger partial charge < -0.3 is 19.4 Å². The normalized spacial score (nSPS) is 13.3. The van der Waals surface area contributed by atoms with Crippen LogP contribution in [0.2, 0.25) is 0 Å². The molecule has 0 radical (unpaired) electrons. The third-order valence-corrected chi connectivity index (χ3v) is 3.88. The van der Waals surface area contributed by atoms with Gasteiger partial charge in [0.1, 0.15) is 6.54 Å². The topological polar surface area (TPSA) is 98.7 Å². The van der Waals surface area contributed by atoms with E-state index in [0.29, 0.717) is 59.7 Å².